The van der Waals surface area contributed by atoms with Crippen LogP contribution < -0.4 is 10.1 Å². The Balaban J connectivity index is 2.12. The summed E-state index contributed by atoms with van der Waals surface area (Å²) in [6.45, 7) is -2.88. The number of alkyl halides is 2. The van der Waals surface area contributed by atoms with Crippen molar-refractivity contribution in [1.29, 1.82) is 5.26 Å². The standard InChI is InChI=1S/C15H18F2N2O/c16-15(17)20-14-9-5-4-8-12(14)13(10-18)19-11-6-2-1-3-7-11/h4-5,8-9,11,13,15,19H,1-3,6-7H2. The predicted octanol–water partition coefficient (Wildman–Crippen LogP) is 3.77. The molecular weight excluding hydrogens is 262 g/mol. The Morgan fingerprint density at radius 2 is 1.90 bits per heavy atom. The average molecular weight is 280 g/mol. The summed E-state index contributed by atoms with van der Waals surface area (Å²) < 4.78 is 29.3. The van der Waals surface area contributed by atoms with Gasteiger partial charge in [0, 0.05) is 11.6 Å². The molecule has 0 aliphatic heterocycles. The quantitative estimate of drug-likeness (QED) is 0.892. The van der Waals surface area contributed by atoms with Gasteiger partial charge in [0.1, 0.15) is 11.8 Å². The van der Waals surface area contributed by atoms with Gasteiger partial charge in [0.15, 0.2) is 0 Å². The minimum atomic E-state index is -2.88. The molecule has 1 N–H and O–H groups in total. The first kappa shape index (κ1) is 14.7. The van der Waals surface area contributed by atoms with E-state index in [1.165, 1.54) is 12.5 Å². The molecule has 1 atom stereocenters. The van der Waals surface area contributed by atoms with Crippen molar-refractivity contribution in [1.82, 2.24) is 5.32 Å². The lowest BCUT2D eigenvalue weighted by molar-refractivity contribution is -0.0506. The molecule has 1 aromatic carbocycles. The van der Waals surface area contributed by atoms with Gasteiger partial charge in [-0.1, -0.05) is 37.5 Å². The summed E-state index contributed by atoms with van der Waals surface area (Å²) >= 11 is 0. The maximum atomic E-state index is 12.4. The van der Waals surface area contributed by atoms with Crippen LogP contribution in [-0.2, 0) is 0 Å². The molecule has 0 aromatic heterocycles. The van der Waals surface area contributed by atoms with Gasteiger partial charge >= 0.3 is 6.61 Å². The molecule has 1 unspecified atom stereocenters. The molecule has 3 nitrogen and oxygen atoms in total. The minimum absolute atomic E-state index is 0.0670. The molecule has 1 aliphatic carbocycles. The number of nitrogens with zero attached hydrogens (tertiary/aromatic N) is 1. The van der Waals surface area contributed by atoms with Crippen molar-refractivity contribution in [2.24, 2.45) is 0 Å². The van der Waals surface area contributed by atoms with Crippen molar-refractivity contribution in [2.75, 3.05) is 0 Å². The summed E-state index contributed by atoms with van der Waals surface area (Å²) in [7, 11) is 0. The summed E-state index contributed by atoms with van der Waals surface area (Å²) in [6, 6.07) is 8.26. The van der Waals surface area contributed by atoms with Gasteiger partial charge in [0.2, 0.25) is 0 Å². The number of rotatable bonds is 5. The summed E-state index contributed by atoms with van der Waals surface area (Å²) in [5.74, 6) is 0.0670. The molecular formula is C15H18F2N2O. The molecule has 0 heterocycles. The minimum Gasteiger partial charge on any atom is -0.434 e. The van der Waals surface area contributed by atoms with Crippen molar-refractivity contribution in [3.63, 3.8) is 0 Å². The average Bonchev–Trinajstić information content (AvgIpc) is 2.46. The Morgan fingerprint density at radius 1 is 1.20 bits per heavy atom. The fourth-order valence-corrected chi connectivity index (χ4v) is 2.62. The van der Waals surface area contributed by atoms with Gasteiger partial charge in [-0.2, -0.15) is 14.0 Å². The molecule has 0 amide bonds. The molecule has 20 heavy (non-hydrogen) atoms. The molecule has 0 bridgehead atoms. The largest absolute Gasteiger partial charge is 0.434 e. The summed E-state index contributed by atoms with van der Waals surface area (Å²) in [4.78, 5) is 0. The van der Waals surface area contributed by atoms with Gasteiger partial charge in [-0.25, -0.2) is 0 Å². The Morgan fingerprint density at radius 3 is 2.55 bits per heavy atom. The van der Waals surface area contributed by atoms with E-state index >= 15 is 0 Å². The second kappa shape index (κ2) is 7.20. The molecule has 108 valence electrons. The lowest BCUT2D eigenvalue weighted by atomic mass is 9.94. The van der Waals surface area contributed by atoms with Crippen molar-refractivity contribution >= 4 is 0 Å². The first-order valence-electron chi connectivity index (χ1n) is 6.90. The van der Waals surface area contributed by atoms with Crippen molar-refractivity contribution in [3.8, 4) is 11.8 Å². The molecule has 1 fully saturated rings. The lowest BCUT2D eigenvalue weighted by Gasteiger charge is -2.26. The summed E-state index contributed by atoms with van der Waals surface area (Å²) in [5, 5.41) is 12.6. The monoisotopic (exact) mass is 280 g/mol. The van der Waals surface area contributed by atoms with Gasteiger partial charge < -0.3 is 4.74 Å². The number of para-hydroxylation sites is 1. The van der Waals surface area contributed by atoms with Crippen LogP contribution in [0.3, 0.4) is 0 Å². The second-order valence-corrected chi connectivity index (χ2v) is 4.98. The third-order valence-electron chi connectivity index (χ3n) is 3.58. The molecule has 0 saturated heterocycles. The Kier molecular flexibility index (Phi) is 5.31. The normalized spacial score (nSPS) is 17.7. The number of benzene rings is 1. The highest BCUT2D eigenvalue weighted by Crippen LogP contribution is 2.28. The molecule has 5 heteroatoms. The van der Waals surface area contributed by atoms with Crippen LogP contribution >= 0.6 is 0 Å². The van der Waals surface area contributed by atoms with Crippen LogP contribution in [0, 0.1) is 11.3 Å². The fourth-order valence-electron chi connectivity index (χ4n) is 2.62. The van der Waals surface area contributed by atoms with Crippen LogP contribution in [-0.4, -0.2) is 12.7 Å². The Labute approximate surface area is 117 Å². The second-order valence-electron chi connectivity index (χ2n) is 4.98. The molecule has 1 aliphatic rings. The molecule has 1 saturated carbocycles. The van der Waals surface area contributed by atoms with E-state index in [1.54, 1.807) is 18.2 Å². The van der Waals surface area contributed by atoms with Crippen LogP contribution in [0.4, 0.5) is 8.78 Å². The smallest absolute Gasteiger partial charge is 0.387 e. The SMILES string of the molecule is N#CC(NC1CCCCC1)c1ccccc1OC(F)F. The van der Waals surface area contributed by atoms with E-state index in [-0.39, 0.29) is 11.8 Å². The number of ether oxygens (including phenoxy) is 1. The number of halogens is 2. The highest BCUT2D eigenvalue weighted by molar-refractivity contribution is 5.38. The fraction of sp³-hybridized carbons (Fsp3) is 0.533. The van der Waals surface area contributed by atoms with Crippen LogP contribution in [0.2, 0.25) is 0 Å². The van der Waals surface area contributed by atoms with E-state index in [9.17, 15) is 14.0 Å². The van der Waals surface area contributed by atoms with Crippen LogP contribution in [0.15, 0.2) is 24.3 Å². The van der Waals surface area contributed by atoms with Gasteiger partial charge in [-0.3, -0.25) is 5.32 Å². The van der Waals surface area contributed by atoms with Gasteiger partial charge in [0.05, 0.1) is 6.07 Å². The van der Waals surface area contributed by atoms with E-state index in [0.717, 1.165) is 25.7 Å². The topological polar surface area (TPSA) is 45.0 Å². The molecule has 2 rings (SSSR count). The number of hydrogen-bond acceptors (Lipinski definition) is 3. The highest BCUT2D eigenvalue weighted by atomic mass is 19.3. The number of nitriles is 1. The van der Waals surface area contributed by atoms with E-state index in [0.29, 0.717) is 5.56 Å². The first-order valence-corrected chi connectivity index (χ1v) is 6.90. The van der Waals surface area contributed by atoms with Crippen molar-refractivity contribution < 1.29 is 13.5 Å². The third-order valence-corrected chi connectivity index (χ3v) is 3.58. The van der Waals surface area contributed by atoms with Crippen molar-refractivity contribution in [2.45, 2.75) is 50.8 Å². The van der Waals surface area contributed by atoms with E-state index in [2.05, 4.69) is 16.1 Å². The zero-order valence-corrected chi connectivity index (χ0v) is 11.2. The van der Waals surface area contributed by atoms with Gasteiger partial charge in [-0.15, -0.1) is 0 Å². The predicted molar refractivity (Wildman–Crippen MR) is 71.4 cm³/mol. The maximum absolute atomic E-state index is 12.4. The van der Waals surface area contributed by atoms with Crippen LogP contribution in [0.1, 0.15) is 43.7 Å². The van der Waals surface area contributed by atoms with E-state index in [4.69, 9.17) is 0 Å². The van der Waals surface area contributed by atoms with Crippen LogP contribution in [0.25, 0.3) is 0 Å². The number of nitrogens with one attached hydrogen (secondary N) is 1. The van der Waals surface area contributed by atoms with Gasteiger partial charge in [0.25, 0.3) is 0 Å². The summed E-state index contributed by atoms with van der Waals surface area (Å²) in [5.41, 5.74) is 0.473. The molecule has 0 spiro atoms. The zero-order chi connectivity index (χ0) is 14.4. The van der Waals surface area contributed by atoms with E-state index < -0.39 is 12.7 Å². The maximum Gasteiger partial charge on any atom is 0.387 e. The third kappa shape index (κ3) is 3.91. The van der Waals surface area contributed by atoms with E-state index in [1.807, 2.05) is 0 Å². The summed E-state index contributed by atoms with van der Waals surface area (Å²) in [6.07, 6.45) is 5.56. The zero-order valence-electron chi connectivity index (χ0n) is 11.2. The van der Waals surface area contributed by atoms with Crippen molar-refractivity contribution in [3.05, 3.63) is 29.8 Å². The first-order chi connectivity index (χ1) is 9.70. The van der Waals surface area contributed by atoms with Crippen LogP contribution in [0.5, 0.6) is 5.75 Å². The Bertz CT molecular complexity index is 467. The van der Waals surface area contributed by atoms with Gasteiger partial charge in [-0.05, 0) is 18.9 Å². The lowest BCUT2D eigenvalue weighted by Crippen LogP contribution is -2.34. The Hall–Kier alpha value is -1.67. The molecule has 1 aromatic rings. The molecule has 0 radical (unpaired) electrons. The highest BCUT2D eigenvalue weighted by Gasteiger charge is 2.22. The number of hydrogen-bond donors (Lipinski definition) is 1.